The highest BCUT2D eigenvalue weighted by Gasteiger charge is 2.07. The molecule has 0 spiro atoms. The van der Waals surface area contributed by atoms with Gasteiger partial charge in [-0.2, -0.15) is 5.10 Å². The monoisotopic (exact) mass is 372 g/mol. The standard InChI is InChI=1S/C12H13BrN4O3S/c13-11-10(7-16-17-12(11)18)15-6-5-8-1-3-9(4-2-8)21(14,19)20/h1-4,7H,5-6H2,(H2,14,19,20)(H2,15,17,18). The maximum atomic E-state index is 11.3. The van der Waals surface area contributed by atoms with Crippen LogP contribution in [0.5, 0.6) is 0 Å². The topological polar surface area (TPSA) is 118 Å². The number of H-pyrrole nitrogens is 1. The number of rotatable bonds is 5. The molecule has 9 heteroatoms. The van der Waals surface area contributed by atoms with Gasteiger partial charge in [-0.05, 0) is 40.0 Å². The van der Waals surface area contributed by atoms with Crippen molar-refractivity contribution in [3.63, 3.8) is 0 Å². The van der Waals surface area contributed by atoms with Crippen LogP contribution in [-0.4, -0.2) is 25.2 Å². The minimum absolute atomic E-state index is 0.0840. The van der Waals surface area contributed by atoms with E-state index in [1.165, 1.54) is 18.3 Å². The van der Waals surface area contributed by atoms with Crippen LogP contribution in [-0.2, 0) is 16.4 Å². The van der Waals surface area contributed by atoms with Crippen molar-refractivity contribution in [3.8, 4) is 0 Å². The fourth-order valence-electron chi connectivity index (χ4n) is 1.69. The van der Waals surface area contributed by atoms with Gasteiger partial charge >= 0.3 is 0 Å². The molecule has 0 bridgehead atoms. The molecule has 0 atom stereocenters. The molecule has 0 amide bonds. The molecule has 21 heavy (non-hydrogen) atoms. The maximum absolute atomic E-state index is 11.3. The molecule has 2 rings (SSSR count). The van der Waals surface area contributed by atoms with Crippen LogP contribution in [0.2, 0.25) is 0 Å². The SMILES string of the molecule is NS(=O)(=O)c1ccc(CCNc2cn[nH]c(=O)c2Br)cc1. The summed E-state index contributed by atoms with van der Waals surface area (Å²) in [4.78, 5) is 11.4. The van der Waals surface area contributed by atoms with Crippen molar-refractivity contribution in [1.82, 2.24) is 10.2 Å². The summed E-state index contributed by atoms with van der Waals surface area (Å²) in [6.45, 7) is 0.568. The van der Waals surface area contributed by atoms with Crippen molar-refractivity contribution in [2.45, 2.75) is 11.3 Å². The summed E-state index contributed by atoms with van der Waals surface area (Å²) < 4.78 is 22.7. The van der Waals surface area contributed by atoms with E-state index in [9.17, 15) is 13.2 Å². The summed E-state index contributed by atoms with van der Waals surface area (Å²) in [7, 11) is -3.66. The van der Waals surface area contributed by atoms with Crippen molar-refractivity contribution in [1.29, 1.82) is 0 Å². The molecule has 112 valence electrons. The molecule has 0 saturated heterocycles. The Morgan fingerprint density at radius 1 is 1.29 bits per heavy atom. The van der Waals surface area contributed by atoms with Gasteiger partial charge in [0, 0.05) is 6.54 Å². The average molecular weight is 373 g/mol. The van der Waals surface area contributed by atoms with E-state index in [1.54, 1.807) is 12.1 Å². The van der Waals surface area contributed by atoms with Crippen LogP contribution in [0.25, 0.3) is 0 Å². The minimum atomic E-state index is -3.66. The van der Waals surface area contributed by atoms with Gasteiger partial charge in [-0.15, -0.1) is 0 Å². The van der Waals surface area contributed by atoms with Crippen molar-refractivity contribution in [2.24, 2.45) is 5.14 Å². The molecule has 0 aliphatic heterocycles. The molecule has 0 aliphatic rings. The first kappa shape index (κ1) is 15.7. The summed E-state index contributed by atoms with van der Waals surface area (Å²) in [5.74, 6) is 0. The molecule has 0 fully saturated rings. The molecule has 7 nitrogen and oxygen atoms in total. The highest BCUT2D eigenvalue weighted by molar-refractivity contribution is 9.10. The lowest BCUT2D eigenvalue weighted by atomic mass is 10.1. The Morgan fingerprint density at radius 3 is 2.57 bits per heavy atom. The number of primary sulfonamides is 1. The normalized spacial score (nSPS) is 11.3. The predicted molar refractivity (Wildman–Crippen MR) is 82.6 cm³/mol. The van der Waals surface area contributed by atoms with E-state index >= 15 is 0 Å². The zero-order valence-electron chi connectivity index (χ0n) is 10.8. The fraction of sp³-hybridized carbons (Fsp3) is 0.167. The van der Waals surface area contributed by atoms with Gasteiger partial charge < -0.3 is 5.32 Å². The van der Waals surface area contributed by atoms with E-state index < -0.39 is 10.0 Å². The number of hydrogen-bond acceptors (Lipinski definition) is 5. The molecule has 4 N–H and O–H groups in total. The maximum Gasteiger partial charge on any atom is 0.280 e. The number of nitrogens with one attached hydrogen (secondary N) is 2. The number of nitrogens with zero attached hydrogens (tertiary/aromatic N) is 1. The largest absolute Gasteiger partial charge is 0.382 e. The summed E-state index contributed by atoms with van der Waals surface area (Å²) in [6.07, 6.45) is 2.17. The summed E-state index contributed by atoms with van der Waals surface area (Å²) in [6, 6.07) is 6.34. The van der Waals surface area contributed by atoms with E-state index in [4.69, 9.17) is 5.14 Å². The number of aromatic amines is 1. The quantitative estimate of drug-likeness (QED) is 0.718. The van der Waals surface area contributed by atoms with Crippen LogP contribution in [0.1, 0.15) is 5.56 Å². The molecule has 0 aliphatic carbocycles. The third kappa shape index (κ3) is 4.13. The lowest BCUT2D eigenvalue weighted by molar-refractivity contribution is 0.598. The van der Waals surface area contributed by atoms with Crippen molar-refractivity contribution < 1.29 is 8.42 Å². The summed E-state index contributed by atoms with van der Waals surface area (Å²) in [5.41, 5.74) is 1.24. The number of halogens is 1. The van der Waals surface area contributed by atoms with Crippen LogP contribution >= 0.6 is 15.9 Å². The molecule has 0 saturated carbocycles. The smallest absolute Gasteiger partial charge is 0.280 e. The van der Waals surface area contributed by atoms with E-state index in [0.717, 1.165) is 5.56 Å². The first-order valence-electron chi connectivity index (χ1n) is 5.97. The van der Waals surface area contributed by atoms with E-state index in [-0.39, 0.29) is 10.5 Å². The predicted octanol–water partition coefficient (Wildman–Crippen LogP) is 0.834. The lowest BCUT2D eigenvalue weighted by Crippen LogP contribution is -2.14. The Labute approximate surface area is 129 Å². The van der Waals surface area contributed by atoms with Gasteiger partial charge in [0.1, 0.15) is 4.47 Å². The third-order valence-corrected chi connectivity index (χ3v) is 4.49. The second kappa shape index (κ2) is 6.37. The zero-order valence-corrected chi connectivity index (χ0v) is 13.2. The van der Waals surface area contributed by atoms with Crippen LogP contribution in [0.4, 0.5) is 5.69 Å². The Morgan fingerprint density at radius 2 is 1.95 bits per heavy atom. The molecule has 1 heterocycles. The molecule has 1 aromatic heterocycles. The molecule has 1 aromatic carbocycles. The summed E-state index contributed by atoms with van der Waals surface area (Å²) in [5, 5.41) is 14.1. The zero-order chi connectivity index (χ0) is 15.5. The van der Waals surface area contributed by atoms with Crippen molar-refractivity contribution in [2.75, 3.05) is 11.9 Å². The van der Waals surface area contributed by atoms with Crippen molar-refractivity contribution >= 4 is 31.6 Å². The van der Waals surface area contributed by atoms with Gasteiger partial charge in [-0.3, -0.25) is 4.79 Å². The Balaban J connectivity index is 1.98. The highest BCUT2D eigenvalue weighted by Crippen LogP contribution is 2.15. The Hall–Kier alpha value is -1.71. The number of hydrogen-bond donors (Lipinski definition) is 3. The first-order valence-corrected chi connectivity index (χ1v) is 8.30. The van der Waals surface area contributed by atoms with Gasteiger partial charge in [0.15, 0.2) is 0 Å². The van der Waals surface area contributed by atoms with Gasteiger partial charge in [-0.1, -0.05) is 12.1 Å². The molecule has 2 aromatic rings. The first-order chi connectivity index (χ1) is 9.88. The van der Waals surface area contributed by atoms with Crippen LogP contribution in [0, 0.1) is 0 Å². The van der Waals surface area contributed by atoms with Crippen LogP contribution in [0.3, 0.4) is 0 Å². The van der Waals surface area contributed by atoms with Gasteiger partial charge in [0.05, 0.1) is 16.8 Å². The lowest BCUT2D eigenvalue weighted by Gasteiger charge is -2.07. The van der Waals surface area contributed by atoms with Gasteiger partial charge in [-0.25, -0.2) is 18.7 Å². The molecular weight excluding hydrogens is 360 g/mol. The molecule has 0 unspecified atom stereocenters. The second-order valence-electron chi connectivity index (χ2n) is 4.29. The van der Waals surface area contributed by atoms with Crippen molar-refractivity contribution in [3.05, 3.63) is 50.9 Å². The minimum Gasteiger partial charge on any atom is -0.382 e. The molecular formula is C12H13BrN4O3S. The Bertz CT molecular complexity index is 787. The van der Waals surface area contributed by atoms with Crippen LogP contribution < -0.4 is 16.0 Å². The third-order valence-electron chi connectivity index (χ3n) is 2.78. The fourth-order valence-corrected chi connectivity index (χ4v) is 2.54. The number of anilines is 1. The summed E-state index contributed by atoms with van der Waals surface area (Å²) >= 11 is 3.17. The number of nitrogens with two attached hydrogens (primary N) is 1. The van der Waals surface area contributed by atoms with Crippen LogP contribution in [0.15, 0.2) is 44.6 Å². The second-order valence-corrected chi connectivity index (χ2v) is 6.65. The van der Waals surface area contributed by atoms with E-state index in [0.29, 0.717) is 23.1 Å². The van der Waals surface area contributed by atoms with E-state index in [1.807, 2.05) is 0 Å². The van der Waals surface area contributed by atoms with Gasteiger partial charge in [0.25, 0.3) is 5.56 Å². The highest BCUT2D eigenvalue weighted by atomic mass is 79.9. The van der Waals surface area contributed by atoms with E-state index in [2.05, 4.69) is 31.4 Å². The average Bonchev–Trinajstić information content (AvgIpc) is 2.43. The van der Waals surface area contributed by atoms with Gasteiger partial charge in [0.2, 0.25) is 10.0 Å². The number of aromatic nitrogens is 2. The number of sulfonamides is 1. The number of benzene rings is 1. The molecule has 0 radical (unpaired) electrons. The Kier molecular flexibility index (Phi) is 4.76.